The van der Waals surface area contributed by atoms with Crippen LogP contribution in [-0.4, -0.2) is 56.4 Å². The maximum Gasteiger partial charge on any atom is 0.304 e. The highest BCUT2D eigenvalue weighted by Crippen LogP contribution is 2.18. The molecule has 1 aromatic heterocycles. The summed E-state index contributed by atoms with van der Waals surface area (Å²) in [5.74, 6) is 1.31. The number of hydrogen-bond acceptors (Lipinski definition) is 4. The van der Waals surface area contributed by atoms with Crippen LogP contribution in [0.5, 0.6) is 0 Å². The molecule has 1 saturated heterocycles. The minimum absolute atomic E-state index is 0.165. The van der Waals surface area contributed by atoms with Gasteiger partial charge in [0.2, 0.25) is 0 Å². The molecule has 0 radical (unpaired) electrons. The maximum atomic E-state index is 10.8. The number of aliphatic carboxylic acids is 1. The van der Waals surface area contributed by atoms with Crippen LogP contribution in [0.15, 0.2) is 12.4 Å². The molecule has 0 spiro atoms. The minimum Gasteiger partial charge on any atom is -0.481 e. The zero-order chi connectivity index (χ0) is 13.0. The molecule has 0 aliphatic carbocycles. The first kappa shape index (κ1) is 13.4. The lowest BCUT2D eigenvalue weighted by molar-refractivity contribution is -0.138. The third kappa shape index (κ3) is 3.74. The van der Waals surface area contributed by atoms with Gasteiger partial charge in [0.15, 0.2) is 0 Å². The Morgan fingerprint density at radius 2 is 2.44 bits per heavy atom. The van der Waals surface area contributed by atoms with Gasteiger partial charge in [-0.25, -0.2) is 0 Å². The van der Waals surface area contributed by atoms with Crippen molar-refractivity contribution in [2.45, 2.75) is 25.9 Å². The predicted octanol–water partition coefficient (Wildman–Crippen LogP) is 1.08. The van der Waals surface area contributed by atoms with E-state index in [0.29, 0.717) is 0 Å². The molecule has 1 aromatic rings. The SMILES string of the molecule is Cc1cnn(CCN2CCSCC2CC(=O)O)c1. The average molecular weight is 269 g/mol. The summed E-state index contributed by atoms with van der Waals surface area (Å²) in [5.41, 5.74) is 1.16. The van der Waals surface area contributed by atoms with E-state index in [-0.39, 0.29) is 12.5 Å². The number of carboxylic acid groups (broad SMARTS) is 1. The Hall–Kier alpha value is -1.01. The normalized spacial score (nSPS) is 21.1. The monoisotopic (exact) mass is 269 g/mol. The number of hydrogen-bond donors (Lipinski definition) is 1. The number of carbonyl (C=O) groups is 1. The second-order valence-electron chi connectivity index (χ2n) is 4.64. The molecule has 6 heteroatoms. The van der Waals surface area contributed by atoms with Gasteiger partial charge in [-0.05, 0) is 12.5 Å². The third-order valence-corrected chi connectivity index (χ3v) is 4.23. The molecular formula is C12H19N3O2S. The highest BCUT2D eigenvalue weighted by Gasteiger charge is 2.24. The van der Waals surface area contributed by atoms with Gasteiger partial charge < -0.3 is 5.11 Å². The Morgan fingerprint density at radius 1 is 1.61 bits per heavy atom. The van der Waals surface area contributed by atoms with Crippen molar-refractivity contribution in [3.05, 3.63) is 18.0 Å². The van der Waals surface area contributed by atoms with E-state index in [2.05, 4.69) is 10.00 Å². The second kappa shape index (κ2) is 6.24. The van der Waals surface area contributed by atoms with Crippen molar-refractivity contribution in [2.24, 2.45) is 0 Å². The zero-order valence-corrected chi connectivity index (χ0v) is 11.4. The number of thioether (sulfide) groups is 1. The summed E-state index contributed by atoms with van der Waals surface area (Å²) in [4.78, 5) is 13.1. The number of nitrogens with zero attached hydrogens (tertiary/aromatic N) is 3. The molecule has 0 amide bonds. The van der Waals surface area contributed by atoms with E-state index >= 15 is 0 Å². The molecule has 18 heavy (non-hydrogen) atoms. The Labute approximate surface area is 111 Å². The largest absolute Gasteiger partial charge is 0.481 e. The van der Waals surface area contributed by atoms with Gasteiger partial charge >= 0.3 is 5.97 Å². The van der Waals surface area contributed by atoms with E-state index in [0.717, 1.165) is 36.7 Å². The average Bonchev–Trinajstić information content (AvgIpc) is 2.73. The van der Waals surface area contributed by atoms with Gasteiger partial charge in [-0.2, -0.15) is 16.9 Å². The molecule has 0 aromatic carbocycles. The van der Waals surface area contributed by atoms with Crippen LogP contribution in [0.3, 0.4) is 0 Å². The van der Waals surface area contributed by atoms with Crippen molar-refractivity contribution in [3.63, 3.8) is 0 Å². The van der Waals surface area contributed by atoms with Crippen LogP contribution in [0.1, 0.15) is 12.0 Å². The van der Waals surface area contributed by atoms with E-state index in [4.69, 9.17) is 5.11 Å². The van der Waals surface area contributed by atoms with Gasteiger partial charge in [-0.1, -0.05) is 0 Å². The second-order valence-corrected chi connectivity index (χ2v) is 5.79. The maximum absolute atomic E-state index is 10.8. The molecule has 100 valence electrons. The number of rotatable bonds is 5. The van der Waals surface area contributed by atoms with E-state index in [1.54, 1.807) is 0 Å². The fraction of sp³-hybridized carbons (Fsp3) is 0.667. The van der Waals surface area contributed by atoms with Crippen molar-refractivity contribution < 1.29 is 9.90 Å². The Balaban J connectivity index is 1.87. The van der Waals surface area contributed by atoms with Crippen molar-refractivity contribution in [1.29, 1.82) is 0 Å². The molecule has 5 nitrogen and oxygen atoms in total. The first-order chi connectivity index (χ1) is 8.65. The summed E-state index contributed by atoms with van der Waals surface area (Å²) < 4.78 is 1.93. The Morgan fingerprint density at radius 3 is 3.11 bits per heavy atom. The van der Waals surface area contributed by atoms with Crippen LogP contribution in [0.2, 0.25) is 0 Å². The summed E-state index contributed by atoms with van der Waals surface area (Å²) >= 11 is 1.85. The standard InChI is InChI=1S/C12H19N3O2S/c1-10-7-13-15(8-10)3-2-14-4-5-18-9-11(14)6-12(16)17/h7-8,11H,2-6,9H2,1H3,(H,16,17). The Kier molecular flexibility index (Phi) is 4.66. The van der Waals surface area contributed by atoms with Gasteiger partial charge in [0.25, 0.3) is 0 Å². The lowest BCUT2D eigenvalue weighted by atomic mass is 10.2. The number of aromatic nitrogens is 2. The molecule has 1 aliphatic heterocycles. The molecule has 2 rings (SSSR count). The molecular weight excluding hydrogens is 250 g/mol. The highest BCUT2D eigenvalue weighted by atomic mass is 32.2. The summed E-state index contributed by atoms with van der Waals surface area (Å²) in [6, 6.07) is 0.165. The molecule has 0 bridgehead atoms. The predicted molar refractivity (Wildman–Crippen MR) is 71.9 cm³/mol. The molecule has 1 aliphatic rings. The van der Waals surface area contributed by atoms with E-state index < -0.39 is 5.97 Å². The van der Waals surface area contributed by atoms with Crippen LogP contribution >= 0.6 is 11.8 Å². The summed E-state index contributed by atoms with van der Waals surface area (Å²) in [5, 5.41) is 13.2. The van der Waals surface area contributed by atoms with E-state index in [1.807, 2.05) is 35.8 Å². The molecule has 2 heterocycles. The van der Waals surface area contributed by atoms with E-state index in [1.165, 1.54) is 0 Å². The smallest absolute Gasteiger partial charge is 0.304 e. The van der Waals surface area contributed by atoms with Gasteiger partial charge in [0, 0.05) is 36.8 Å². The van der Waals surface area contributed by atoms with Crippen molar-refractivity contribution in [2.75, 3.05) is 24.6 Å². The minimum atomic E-state index is -0.706. The van der Waals surface area contributed by atoms with Gasteiger partial charge in [0.05, 0.1) is 19.2 Å². The lowest BCUT2D eigenvalue weighted by Crippen LogP contribution is -2.44. The van der Waals surface area contributed by atoms with Crippen LogP contribution in [-0.2, 0) is 11.3 Å². The fourth-order valence-corrected chi connectivity index (χ4v) is 3.32. The van der Waals surface area contributed by atoms with Crippen molar-refractivity contribution >= 4 is 17.7 Å². The lowest BCUT2D eigenvalue weighted by Gasteiger charge is -2.34. The highest BCUT2D eigenvalue weighted by molar-refractivity contribution is 7.99. The van der Waals surface area contributed by atoms with E-state index in [9.17, 15) is 4.79 Å². The van der Waals surface area contributed by atoms with Crippen molar-refractivity contribution in [3.8, 4) is 0 Å². The van der Waals surface area contributed by atoms with Crippen LogP contribution < -0.4 is 0 Å². The quantitative estimate of drug-likeness (QED) is 0.867. The van der Waals surface area contributed by atoms with Gasteiger partial charge in [0.1, 0.15) is 0 Å². The Bertz CT molecular complexity index is 408. The molecule has 0 saturated carbocycles. The fourth-order valence-electron chi connectivity index (χ4n) is 2.19. The van der Waals surface area contributed by atoms with Crippen molar-refractivity contribution in [1.82, 2.24) is 14.7 Å². The van der Waals surface area contributed by atoms with Crippen LogP contribution in [0.25, 0.3) is 0 Å². The summed E-state index contributed by atoms with van der Waals surface area (Å²) in [6.45, 7) is 4.70. The third-order valence-electron chi connectivity index (χ3n) is 3.14. The van der Waals surface area contributed by atoms with Crippen LogP contribution in [0, 0.1) is 6.92 Å². The van der Waals surface area contributed by atoms with Gasteiger partial charge in [-0.15, -0.1) is 0 Å². The molecule has 1 N–H and O–H groups in total. The number of aryl methyl sites for hydroxylation is 1. The summed E-state index contributed by atoms with van der Waals surface area (Å²) in [6.07, 6.45) is 4.11. The summed E-state index contributed by atoms with van der Waals surface area (Å²) in [7, 11) is 0. The number of carboxylic acids is 1. The van der Waals surface area contributed by atoms with Crippen LogP contribution in [0.4, 0.5) is 0 Å². The molecule has 1 unspecified atom stereocenters. The first-order valence-electron chi connectivity index (χ1n) is 6.18. The topological polar surface area (TPSA) is 58.4 Å². The van der Waals surface area contributed by atoms with Gasteiger partial charge in [-0.3, -0.25) is 14.4 Å². The molecule has 1 atom stereocenters. The zero-order valence-electron chi connectivity index (χ0n) is 10.6. The first-order valence-corrected chi connectivity index (χ1v) is 7.33. The molecule has 1 fully saturated rings.